The van der Waals surface area contributed by atoms with Gasteiger partial charge in [-0.25, -0.2) is 22.2 Å². The lowest BCUT2D eigenvalue weighted by Crippen LogP contribution is -2.33. The molecule has 0 N–H and O–H groups in total. The van der Waals surface area contributed by atoms with Gasteiger partial charge in [0.1, 0.15) is 11.3 Å². The van der Waals surface area contributed by atoms with E-state index in [-0.39, 0.29) is 45.2 Å². The summed E-state index contributed by atoms with van der Waals surface area (Å²) < 4.78 is 52.1. The Hall–Kier alpha value is -2.14. The van der Waals surface area contributed by atoms with E-state index >= 15 is 0 Å². The van der Waals surface area contributed by atoms with Crippen molar-refractivity contribution in [2.45, 2.75) is 18.2 Å². The summed E-state index contributed by atoms with van der Waals surface area (Å²) in [4.78, 5) is 21.0. The molecule has 1 amide bonds. The predicted octanol–water partition coefficient (Wildman–Crippen LogP) is 4.39. The number of carbonyl (C=O) groups excluding carboxylic acids is 1. The van der Waals surface area contributed by atoms with Crippen LogP contribution in [0, 0.1) is 11.6 Å². The van der Waals surface area contributed by atoms with E-state index in [2.05, 4.69) is 4.98 Å². The van der Waals surface area contributed by atoms with E-state index in [1.807, 2.05) is 19.0 Å². The number of benzene rings is 2. The van der Waals surface area contributed by atoms with Crippen LogP contribution in [0.3, 0.4) is 0 Å². The van der Waals surface area contributed by atoms with Gasteiger partial charge in [-0.2, -0.15) is 0 Å². The van der Waals surface area contributed by atoms with Gasteiger partial charge in [0.15, 0.2) is 20.8 Å². The first-order valence-corrected chi connectivity index (χ1v) is 12.1. The zero-order chi connectivity index (χ0) is 22.8. The molecule has 3 aromatic rings. The van der Waals surface area contributed by atoms with Crippen molar-refractivity contribution in [1.82, 2.24) is 9.88 Å². The molecule has 2 aromatic carbocycles. The maximum absolute atomic E-state index is 14.1. The normalized spacial score (nSPS) is 11.6. The van der Waals surface area contributed by atoms with Crippen LogP contribution in [-0.2, 0) is 9.84 Å². The molecule has 0 unspecified atom stereocenters. The van der Waals surface area contributed by atoms with Gasteiger partial charge in [-0.05, 0) is 57.4 Å². The first-order valence-electron chi connectivity index (χ1n) is 9.67. The SMILES string of the molecule is CCS(=O)(=O)c1ccc(C(=O)N(CCCN(C)C)c2nc3c(F)cc(F)cc3s2)cc1.Cl. The maximum Gasteiger partial charge on any atom is 0.260 e. The van der Waals surface area contributed by atoms with Gasteiger partial charge in [-0.15, -0.1) is 12.4 Å². The summed E-state index contributed by atoms with van der Waals surface area (Å²) in [5.74, 6) is -1.92. The van der Waals surface area contributed by atoms with Crippen molar-refractivity contribution in [2.24, 2.45) is 0 Å². The topological polar surface area (TPSA) is 70.6 Å². The van der Waals surface area contributed by atoms with E-state index in [0.717, 1.165) is 17.4 Å². The van der Waals surface area contributed by atoms with Crippen LogP contribution in [0.5, 0.6) is 0 Å². The fraction of sp³-hybridized carbons (Fsp3) is 0.333. The largest absolute Gasteiger partial charge is 0.309 e. The molecule has 6 nitrogen and oxygen atoms in total. The fourth-order valence-electron chi connectivity index (χ4n) is 3.02. The van der Waals surface area contributed by atoms with Gasteiger partial charge < -0.3 is 4.90 Å². The van der Waals surface area contributed by atoms with Crippen LogP contribution in [0.25, 0.3) is 10.2 Å². The molecule has 0 saturated heterocycles. The zero-order valence-electron chi connectivity index (χ0n) is 17.8. The summed E-state index contributed by atoms with van der Waals surface area (Å²) in [5, 5.41) is 0.258. The fourth-order valence-corrected chi connectivity index (χ4v) is 4.93. The molecule has 0 radical (unpaired) electrons. The number of carbonyl (C=O) groups is 1. The van der Waals surface area contributed by atoms with E-state index in [4.69, 9.17) is 0 Å². The number of halogens is 3. The number of sulfone groups is 1. The molecule has 32 heavy (non-hydrogen) atoms. The van der Waals surface area contributed by atoms with E-state index in [1.165, 1.54) is 35.2 Å². The first-order chi connectivity index (χ1) is 14.6. The van der Waals surface area contributed by atoms with Crippen LogP contribution in [0.1, 0.15) is 23.7 Å². The number of hydrogen-bond donors (Lipinski definition) is 0. The van der Waals surface area contributed by atoms with Gasteiger partial charge in [0.05, 0.1) is 15.3 Å². The minimum atomic E-state index is -3.38. The van der Waals surface area contributed by atoms with Crippen molar-refractivity contribution in [1.29, 1.82) is 0 Å². The van der Waals surface area contributed by atoms with Crippen LogP contribution < -0.4 is 4.90 Å². The zero-order valence-corrected chi connectivity index (χ0v) is 20.3. The predicted molar refractivity (Wildman–Crippen MR) is 126 cm³/mol. The molecule has 0 aliphatic rings. The van der Waals surface area contributed by atoms with Crippen molar-refractivity contribution in [2.75, 3.05) is 37.8 Å². The molecule has 11 heteroatoms. The summed E-state index contributed by atoms with van der Waals surface area (Å²) in [7, 11) is 0.442. The summed E-state index contributed by atoms with van der Waals surface area (Å²) in [6.07, 6.45) is 0.633. The minimum Gasteiger partial charge on any atom is -0.309 e. The number of aromatic nitrogens is 1. The molecule has 0 saturated carbocycles. The Morgan fingerprint density at radius 3 is 2.34 bits per heavy atom. The molecule has 3 rings (SSSR count). The highest BCUT2D eigenvalue weighted by Crippen LogP contribution is 2.32. The number of fused-ring (bicyclic) bond motifs is 1. The molecule has 0 aliphatic heterocycles. The average Bonchev–Trinajstić information content (AvgIpc) is 3.14. The highest BCUT2D eigenvalue weighted by Gasteiger charge is 2.23. The summed E-state index contributed by atoms with van der Waals surface area (Å²) in [6, 6.07) is 7.66. The van der Waals surface area contributed by atoms with Crippen LogP contribution in [0.2, 0.25) is 0 Å². The average molecular weight is 504 g/mol. The number of amides is 1. The summed E-state index contributed by atoms with van der Waals surface area (Å²) >= 11 is 1.03. The number of thiazole rings is 1. The van der Waals surface area contributed by atoms with E-state index in [1.54, 1.807) is 6.92 Å². The smallest absolute Gasteiger partial charge is 0.260 e. The lowest BCUT2D eigenvalue weighted by atomic mass is 10.2. The van der Waals surface area contributed by atoms with E-state index in [9.17, 15) is 22.0 Å². The molecule has 0 spiro atoms. The molecule has 0 aliphatic carbocycles. The quantitative estimate of drug-likeness (QED) is 0.456. The van der Waals surface area contributed by atoms with Crippen LogP contribution in [0.4, 0.5) is 13.9 Å². The molecule has 0 atom stereocenters. The Morgan fingerprint density at radius 2 is 1.75 bits per heavy atom. The van der Waals surface area contributed by atoms with Crippen LogP contribution in [-0.4, -0.2) is 57.1 Å². The molecule has 0 fully saturated rings. The van der Waals surface area contributed by atoms with Crippen LogP contribution in [0.15, 0.2) is 41.3 Å². The number of rotatable bonds is 8. The second-order valence-electron chi connectivity index (χ2n) is 7.27. The molecule has 174 valence electrons. The monoisotopic (exact) mass is 503 g/mol. The van der Waals surface area contributed by atoms with Gasteiger partial charge in [0.2, 0.25) is 0 Å². The highest BCUT2D eigenvalue weighted by molar-refractivity contribution is 7.91. The van der Waals surface area contributed by atoms with Gasteiger partial charge >= 0.3 is 0 Å². The summed E-state index contributed by atoms with van der Waals surface area (Å²) in [5.41, 5.74) is 0.294. The van der Waals surface area contributed by atoms with Crippen molar-refractivity contribution in [3.63, 3.8) is 0 Å². The van der Waals surface area contributed by atoms with Gasteiger partial charge in [0, 0.05) is 18.2 Å². The number of hydrogen-bond acceptors (Lipinski definition) is 6. The van der Waals surface area contributed by atoms with E-state index in [0.29, 0.717) is 24.2 Å². The van der Waals surface area contributed by atoms with Crippen molar-refractivity contribution in [3.8, 4) is 0 Å². The van der Waals surface area contributed by atoms with Crippen LogP contribution >= 0.6 is 23.7 Å². The third kappa shape index (κ3) is 5.80. The number of anilines is 1. The first kappa shape index (κ1) is 26.1. The molecular weight excluding hydrogens is 480 g/mol. The molecule has 1 aromatic heterocycles. The highest BCUT2D eigenvalue weighted by atomic mass is 35.5. The maximum atomic E-state index is 14.1. The molecule has 0 bridgehead atoms. The van der Waals surface area contributed by atoms with E-state index < -0.39 is 21.5 Å². The summed E-state index contributed by atoms with van der Waals surface area (Å²) in [6.45, 7) is 2.58. The van der Waals surface area contributed by atoms with Crippen molar-refractivity contribution in [3.05, 3.63) is 53.6 Å². The van der Waals surface area contributed by atoms with Gasteiger partial charge in [0.25, 0.3) is 5.91 Å². The van der Waals surface area contributed by atoms with Gasteiger partial charge in [-0.1, -0.05) is 18.3 Å². The Bertz CT molecular complexity index is 1200. The third-order valence-corrected chi connectivity index (χ3v) is 7.48. The van der Waals surface area contributed by atoms with Crippen molar-refractivity contribution >= 4 is 54.8 Å². The lowest BCUT2D eigenvalue weighted by Gasteiger charge is -2.21. The Labute approximate surface area is 196 Å². The Morgan fingerprint density at radius 1 is 1.09 bits per heavy atom. The molecular formula is C21H24ClF2N3O3S2. The Balaban J connectivity index is 0.00000363. The standard InChI is InChI=1S/C21H23F2N3O3S2.ClH/c1-4-31(28,29)16-8-6-14(7-9-16)20(27)26(11-5-10-25(2)3)21-24-19-17(23)12-15(22)13-18(19)30-21;/h6-9,12-13H,4-5,10-11H2,1-3H3;1H. The lowest BCUT2D eigenvalue weighted by molar-refractivity contribution is 0.0986. The minimum absolute atomic E-state index is 0. The third-order valence-electron chi connectivity index (χ3n) is 4.71. The molecule has 1 heterocycles. The second-order valence-corrected chi connectivity index (χ2v) is 10.6. The number of nitrogens with zero attached hydrogens (tertiary/aromatic N) is 3. The second kappa shape index (κ2) is 10.7. The van der Waals surface area contributed by atoms with Crippen molar-refractivity contribution < 1.29 is 22.0 Å². The Kier molecular flexibility index (Phi) is 8.69. The van der Waals surface area contributed by atoms with Gasteiger partial charge in [-0.3, -0.25) is 9.69 Å².